The van der Waals surface area contributed by atoms with Gasteiger partial charge in [0.05, 0.1) is 10.6 Å². The second-order valence-electron chi connectivity index (χ2n) is 3.58. The summed E-state index contributed by atoms with van der Waals surface area (Å²) in [5, 5.41) is 12.0. The van der Waals surface area contributed by atoms with Gasteiger partial charge in [-0.3, -0.25) is 0 Å². The van der Waals surface area contributed by atoms with Crippen molar-refractivity contribution >= 4 is 21.6 Å². The normalized spacial score (nSPS) is 11.2. The minimum absolute atomic E-state index is 0.0275. The number of sulfonamides is 1. The van der Waals surface area contributed by atoms with Gasteiger partial charge >= 0.3 is 0 Å². The first-order valence-electron chi connectivity index (χ1n) is 5.36. The molecule has 0 heterocycles. The third-order valence-electron chi connectivity index (χ3n) is 2.27. The topological polar surface area (TPSA) is 82.0 Å². The molecule has 0 aliphatic heterocycles. The van der Waals surface area contributed by atoms with Crippen molar-refractivity contribution in [2.75, 3.05) is 20.1 Å². The zero-order valence-electron chi connectivity index (χ0n) is 9.90. The predicted octanol–water partition coefficient (Wildman–Crippen LogP) is 1.10. The Morgan fingerprint density at radius 3 is 2.72 bits per heavy atom. The number of halogens is 1. The average molecular weight is 288 g/mol. The van der Waals surface area contributed by atoms with E-state index in [0.29, 0.717) is 19.5 Å². The Labute approximate surface area is 112 Å². The summed E-state index contributed by atoms with van der Waals surface area (Å²) in [7, 11) is -1.90. The quantitative estimate of drug-likeness (QED) is 0.768. The summed E-state index contributed by atoms with van der Waals surface area (Å²) in [5.41, 5.74) is -0.0275. The van der Waals surface area contributed by atoms with E-state index in [2.05, 4.69) is 10.0 Å². The average Bonchev–Trinajstić information content (AvgIpc) is 2.34. The van der Waals surface area contributed by atoms with Gasteiger partial charge in [0.1, 0.15) is 11.0 Å². The lowest BCUT2D eigenvalue weighted by molar-refractivity contribution is 0.577. The lowest BCUT2D eigenvalue weighted by Crippen LogP contribution is -2.27. The third-order valence-corrected chi connectivity index (χ3v) is 4.09. The van der Waals surface area contributed by atoms with Crippen molar-refractivity contribution in [3.05, 3.63) is 28.8 Å². The predicted molar refractivity (Wildman–Crippen MR) is 69.9 cm³/mol. The van der Waals surface area contributed by atoms with Gasteiger partial charge in [0.25, 0.3) is 0 Å². The molecule has 0 atom stereocenters. The van der Waals surface area contributed by atoms with Gasteiger partial charge in [-0.05, 0) is 32.1 Å². The maximum Gasteiger partial charge on any atom is 0.241 e. The number of nitrogens with one attached hydrogen (secondary N) is 2. The van der Waals surface area contributed by atoms with Gasteiger partial charge < -0.3 is 5.32 Å². The number of hydrogen-bond acceptors (Lipinski definition) is 4. The zero-order chi connectivity index (χ0) is 13.6. The number of hydrogen-bond donors (Lipinski definition) is 2. The van der Waals surface area contributed by atoms with Crippen LogP contribution >= 0.6 is 11.6 Å². The summed E-state index contributed by atoms with van der Waals surface area (Å²) in [6.07, 6.45) is 0.665. The molecule has 7 heteroatoms. The first kappa shape index (κ1) is 14.9. The second-order valence-corrected chi connectivity index (χ2v) is 5.72. The van der Waals surface area contributed by atoms with Crippen LogP contribution in [-0.2, 0) is 10.0 Å². The molecule has 0 aliphatic carbocycles. The second kappa shape index (κ2) is 6.71. The molecule has 0 radical (unpaired) electrons. The van der Waals surface area contributed by atoms with Crippen LogP contribution in [0.15, 0.2) is 23.1 Å². The van der Waals surface area contributed by atoms with Gasteiger partial charge in [-0.25, -0.2) is 13.1 Å². The maximum absolute atomic E-state index is 12.0. The van der Waals surface area contributed by atoms with Gasteiger partial charge in [-0.15, -0.1) is 0 Å². The fourth-order valence-electron chi connectivity index (χ4n) is 1.39. The molecule has 98 valence electrons. The van der Waals surface area contributed by atoms with Gasteiger partial charge in [0.2, 0.25) is 10.0 Å². The summed E-state index contributed by atoms with van der Waals surface area (Å²) >= 11 is 5.79. The minimum atomic E-state index is -3.69. The molecule has 0 bridgehead atoms. The first-order valence-corrected chi connectivity index (χ1v) is 7.22. The molecule has 0 aromatic heterocycles. The molecule has 0 fully saturated rings. The van der Waals surface area contributed by atoms with Crippen molar-refractivity contribution in [2.45, 2.75) is 11.3 Å². The van der Waals surface area contributed by atoms with Crippen molar-refractivity contribution in [2.24, 2.45) is 0 Å². The number of nitriles is 1. The Hall–Kier alpha value is -1.13. The largest absolute Gasteiger partial charge is 0.320 e. The molecule has 0 saturated carbocycles. The highest BCUT2D eigenvalue weighted by atomic mass is 35.5. The Balaban J connectivity index is 2.93. The van der Waals surface area contributed by atoms with E-state index in [9.17, 15) is 8.42 Å². The molecule has 18 heavy (non-hydrogen) atoms. The van der Waals surface area contributed by atoms with Crippen LogP contribution in [0.4, 0.5) is 0 Å². The van der Waals surface area contributed by atoms with Gasteiger partial charge in [0, 0.05) is 6.54 Å². The molecule has 1 rings (SSSR count). The van der Waals surface area contributed by atoms with E-state index in [0.717, 1.165) is 0 Å². The molecule has 1 aromatic rings. The summed E-state index contributed by atoms with van der Waals surface area (Å²) < 4.78 is 26.4. The lowest BCUT2D eigenvalue weighted by Gasteiger charge is -2.08. The van der Waals surface area contributed by atoms with Gasteiger partial charge in [-0.1, -0.05) is 17.7 Å². The number of rotatable bonds is 6. The molecule has 1 aromatic carbocycles. The Morgan fingerprint density at radius 2 is 2.11 bits per heavy atom. The Bertz CT molecular complexity index is 552. The van der Waals surface area contributed by atoms with Gasteiger partial charge in [-0.2, -0.15) is 5.26 Å². The molecule has 2 N–H and O–H groups in total. The number of benzene rings is 1. The Kier molecular flexibility index (Phi) is 5.56. The van der Waals surface area contributed by atoms with Crippen molar-refractivity contribution in [1.29, 1.82) is 5.26 Å². The maximum atomic E-state index is 12.0. The smallest absolute Gasteiger partial charge is 0.241 e. The fourth-order valence-corrected chi connectivity index (χ4v) is 2.91. The third kappa shape index (κ3) is 3.68. The van der Waals surface area contributed by atoms with E-state index in [4.69, 9.17) is 16.9 Å². The summed E-state index contributed by atoms with van der Waals surface area (Å²) in [5.74, 6) is 0. The minimum Gasteiger partial charge on any atom is -0.320 e. The van der Waals surface area contributed by atoms with Gasteiger partial charge in [0.15, 0.2) is 0 Å². The molecule has 0 unspecified atom stereocenters. The highest BCUT2D eigenvalue weighted by molar-refractivity contribution is 7.89. The van der Waals surface area contributed by atoms with Crippen molar-refractivity contribution in [3.63, 3.8) is 0 Å². The van der Waals surface area contributed by atoms with Crippen LogP contribution in [0.1, 0.15) is 12.0 Å². The summed E-state index contributed by atoms with van der Waals surface area (Å²) in [4.78, 5) is -0.0815. The first-order chi connectivity index (χ1) is 8.53. The summed E-state index contributed by atoms with van der Waals surface area (Å²) in [6.45, 7) is 1.02. The molecular weight excluding hydrogens is 274 g/mol. The van der Waals surface area contributed by atoms with E-state index < -0.39 is 10.0 Å². The highest BCUT2D eigenvalue weighted by Crippen LogP contribution is 2.22. The van der Waals surface area contributed by atoms with Crippen LogP contribution in [0, 0.1) is 11.3 Å². The number of nitrogens with zero attached hydrogens (tertiary/aromatic N) is 1. The van der Waals surface area contributed by atoms with Crippen molar-refractivity contribution < 1.29 is 8.42 Å². The van der Waals surface area contributed by atoms with Crippen LogP contribution in [-0.4, -0.2) is 28.6 Å². The molecule has 0 aliphatic rings. The molecular formula is C11H14ClN3O2S. The fraction of sp³-hybridized carbons (Fsp3) is 0.364. The van der Waals surface area contributed by atoms with Crippen molar-refractivity contribution in [1.82, 2.24) is 10.0 Å². The van der Waals surface area contributed by atoms with Crippen LogP contribution in [0.25, 0.3) is 0 Å². The highest BCUT2D eigenvalue weighted by Gasteiger charge is 2.19. The molecule has 0 spiro atoms. The monoisotopic (exact) mass is 287 g/mol. The van der Waals surface area contributed by atoms with E-state index in [1.54, 1.807) is 7.05 Å². The van der Waals surface area contributed by atoms with E-state index >= 15 is 0 Å². The van der Waals surface area contributed by atoms with Crippen LogP contribution in [0.2, 0.25) is 5.02 Å². The van der Waals surface area contributed by atoms with E-state index in [1.165, 1.54) is 18.2 Å². The Morgan fingerprint density at radius 1 is 1.39 bits per heavy atom. The summed E-state index contributed by atoms with van der Waals surface area (Å²) in [6, 6.07) is 6.17. The van der Waals surface area contributed by atoms with Crippen LogP contribution in [0.5, 0.6) is 0 Å². The zero-order valence-corrected chi connectivity index (χ0v) is 11.5. The molecule has 0 amide bonds. The van der Waals surface area contributed by atoms with E-state index in [-0.39, 0.29) is 15.5 Å². The lowest BCUT2D eigenvalue weighted by atomic mass is 10.2. The van der Waals surface area contributed by atoms with E-state index in [1.807, 2.05) is 6.07 Å². The standard InChI is InChI=1S/C11H14ClN3O2S/c1-14-6-3-7-15-18(16,17)11-5-2-4-10(12)9(11)8-13/h2,4-5,14-15H,3,6-7H2,1H3. The van der Waals surface area contributed by atoms with Crippen LogP contribution in [0.3, 0.4) is 0 Å². The SMILES string of the molecule is CNCCCNS(=O)(=O)c1cccc(Cl)c1C#N. The molecule has 5 nitrogen and oxygen atoms in total. The van der Waals surface area contributed by atoms with Crippen LogP contribution < -0.4 is 10.0 Å². The van der Waals surface area contributed by atoms with Crippen molar-refractivity contribution in [3.8, 4) is 6.07 Å². The molecule has 0 saturated heterocycles.